The van der Waals surface area contributed by atoms with Crippen molar-refractivity contribution in [2.75, 3.05) is 0 Å². The number of aliphatic carboxylic acids is 1. The summed E-state index contributed by atoms with van der Waals surface area (Å²) in [5.41, 5.74) is 5.36. The molecule has 1 aliphatic carbocycles. The van der Waals surface area contributed by atoms with Crippen LogP contribution in [0.1, 0.15) is 25.7 Å². The van der Waals surface area contributed by atoms with E-state index in [2.05, 4.69) is 0 Å². The fourth-order valence-electron chi connectivity index (χ4n) is 1.56. The van der Waals surface area contributed by atoms with E-state index in [1.807, 2.05) is 0 Å². The first-order valence-corrected chi connectivity index (χ1v) is 4.14. The second kappa shape index (κ2) is 3.67. The molecule has 0 amide bonds. The van der Waals surface area contributed by atoms with Gasteiger partial charge in [0.25, 0.3) is 0 Å². The molecule has 4 nitrogen and oxygen atoms in total. The fourth-order valence-corrected chi connectivity index (χ4v) is 1.56. The Kier molecular flexibility index (Phi) is 2.81. The van der Waals surface area contributed by atoms with Crippen molar-refractivity contribution in [1.29, 1.82) is 0 Å². The van der Waals surface area contributed by atoms with E-state index in [0.717, 1.165) is 12.8 Å². The van der Waals surface area contributed by atoms with Crippen LogP contribution in [0, 0.1) is 5.92 Å². The highest BCUT2D eigenvalue weighted by Crippen LogP contribution is 2.22. The predicted molar refractivity (Wildman–Crippen MR) is 42.6 cm³/mol. The maximum Gasteiger partial charge on any atom is 0.321 e. The predicted octanol–water partition coefficient (Wildman–Crippen LogP) is 0.158. The minimum atomic E-state index is -1.07. The van der Waals surface area contributed by atoms with Crippen LogP contribution in [-0.4, -0.2) is 22.9 Å². The van der Waals surface area contributed by atoms with Crippen LogP contribution in [0.25, 0.3) is 0 Å². The summed E-state index contributed by atoms with van der Waals surface area (Å²) in [6.45, 7) is 0. The van der Waals surface area contributed by atoms with E-state index in [1.165, 1.54) is 0 Å². The third-order valence-electron chi connectivity index (χ3n) is 2.32. The van der Waals surface area contributed by atoms with Gasteiger partial charge in [-0.25, -0.2) is 0 Å². The summed E-state index contributed by atoms with van der Waals surface area (Å²) in [6.07, 6.45) is 2.91. The summed E-state index contributed by atoms with van der Waals surface area (Å²) in [7, 11) is 0. The molecule has 1 unspecified atom stereocenters. The lowest BCUT2D eigenvalue weighted by molar-refractivity contribution is -0.143. The second-order valence-corrected chi connectivity index (χ2v) is 3.18. The third kappa shape index (κ3) is 1.82. The van der Waals surface area contributed by atoms with Crippen molar-refractivity contribution in [3.63, 3.8) is 0 Å². The number of carbonyl (C=O) groups is 2. The summed E-state index contributed by atoms with van der Waals surface area (Å²) in [5.74, 6) is -1.51. The zero-order chi connectivity index (χ0) is 9.14. The minimum absolute atomic E-state index is 0.0103. The van der Waals surface area contributed by atoms with Crippen molar-refractivity contribution in [1.82, 2.24) is 0 Å². The van der Waals surface area contributed by atoms with Crippen LogP contribution in [0.3, 0.4) is 0 Å². The average molecular weight is 171 g/mol. The molecule has 0 spiro atoms. The Morgan fingerprint density at radius 1 is 1.58 bits per heavy atom. The Hall–Kier alpha value is -0.900. The van der Waals surface area contributed by atoms with Crippen LogP contribution in [-0.2, 0) is 9.59 Å². The van der Waals surface area contributed by atoms with Crippen LogP contribution >= 0.6 is 0 Å². The smallest absolute Gasteiger partial charge is 0.321 e. The first-order chi connectivity index (χ1) is 5.63. The molecule has 0 heterocycles. The largest absolute Gasteiger partial charge is 0.480 e. The fraction of sp³-hybridized carbons (Fsp3) is 0.750. The number of hydrogen-bond donors (Lipinski definition) is 2. The molecule has 12 heavy (non-hydrogen) atoms. The van der Waals surface area contributed by atoms with Gasteiger partial charge >= 0.3 is 5.97 Å². The normalized spacial score (nSPS) is 26.8. The summed E-state index contributed by atoms with van der Waals surface area (Å²) in [6, 6.07) is -1.00. The van der Waals surface area contributed by atoms with E-state index in [4.69, 9.17) is 10.8 Å². The topological polar surface area (TPSA) is 80.4 Å². The molecule has 1 saturated carbocycles. The Labute approximate surface area is 70.7 Å². The molecule has 1 rings (SSSR count). The standard InChI is InChI=1S/C8H13NO3/c9-7(8(11)12)5-3-1-2-4-6(5)10/h5,7H,1-4,9H2,(H,11,12)/t5-,7?/m0/s1. The first-order valence-electron chi connectivity index (χ1n) is 4.14. The SMILES string of the molecule is NC(C(=O)O)[C@H]1CCCCC1=O. The molecule has 1 fully saturated rings. The lowest BCUT2D eigenvalue weighted by Gasteiger charge is -2.23. The van der Waals surface area contributed by atoms with E-state index in [9.17, 15) is 9.59 Å². The molecule has 0 aromatic rings. The second-order valence-electron chi connectivity index (χ2n) is 3.18. The van der Waals surface area contributed by atoms with E-state index in [0.29, 0.717) is 12.8 Å². The molecule has 2 atom stereocenters. The van der Waals surface area contributed by atoms with Gasteiger partial charge in [-0.3, -0.25) is 9.59 Å². The molecular weight excluding hydrogens is 158 g/mol. The summed E-state index contributed by atoms with van der Waals surface area (Å²) < 4.78 is 0. The van der Waals surface area contributed by atoms with Crippen molar-refractivity contribution < 1.29 is 14.7 Å². The molecule has 1 aliphatic rings. The number of carboxylic acid groups (broad SMARTS) is 1. The van der Waals surface area contributed by atoms with Crippen LogP contribution in [0.4, 0.5) is 0 Å². The number of rotatable bonds is 2. The Bertz CT molecular complexity index is 202. The van der Waals surface area contributed by atoms with Crippen molar-refractivity contribution in [3.8, 4) is 0 Å². The van der Waals surface area contributed by atoms with Gasteiger partial charge in [-0.1, -0.05) is 6.42 Å². The number of carboxylic acids is 1. The van der Waals surface area contributed by atoms with Crippen molar-refractivity contribution in [3.05, 3.63) is 0 Å². The number of carbonyl (C=O) groups excluding carboxylic acids is 1. The lowest BCUT2D eigenvalue weighted by Crippen LogP contribution is -2.43. The minimum Gasteiger partial charge on any atom is -0.480 e. The van der Waals surface area contributed by atoms with Crippen LogP contribution < -0.4 is 5.73 Å². The van der Waals surface area contributed by atoms with Gasteiger partial charge < -0.3 is 10.8 Å². The number of Topliss-reactive ketones (excluding diaryl/α,β-unsaturated/α-hetero) is 1. The van der Waals surface area contributed by atoms with Crippen LogP contribution in [0.2, 0.25) is 0 Å². The average Bonchev–Trinajstić information content (AvgIpc) is 2.04. The van der Waals surface area contributed by atoms with Gasteiger partial charge in [0.15, 0.2) is 0 Å². The molecular formula is C8H13NO3. The molecule has 0 aromatic heterocycles. The molecule has 0 bridgehead atoms. The maximum atomic E-state index is 11.2. The summed E-state index contributed by atoms with van der Waals surface area (Å²) in [4.78, 5) is 21.7. The number of hydrogen-bond acceptors (Lipinski definition) is 3. The molecule has 0 aliphatic heterocycles. The quantitative estimate of drug-likeness (QED) is 0.620. The Morgan fingerprint density at radius 3 is 2.75 bits per heavy atom. The zero-order valence-corrected chi connectivity index (χ0v) is 6.82. The van der Waals surface area contributed by atoms with Gasteiger partial charge in [-0.15, -0.1) is 0 Å². The van der Waals surface area contributed by atoms with Crippen LogP contribution in [0.15, 0.2) is 0 Å². The van der Waals surface area contributed by atoms with Gasteiger partial charge in [0.2, 0.25) is 0 Å². The molecule has 3 N–H and O–H groups in total. The van der Waals surface area contributed by atoms with Crippen molar-refractivity contribution >= 4 is 11.8 Å². The third-order valence-corrected chi connectivity index (χ3v) is 2.32. The van der Waals surface area contributed by atoms with Crippen molar-refractivity contribution in [2.24, 2.45) is 11.7 Å². The summed E-state index contributed by atoms with van der Waals surface area (Å²) >= 11 is 0. The van der Waals surface area contributed by atoms with E-state index < -0.39 is 17.9 Å². The zero-order valence-electron chi connectivity index (χ0n) is 6.82. The van der Waals surface area contributed by atoms with E-state index in [-0.39, 0.29) is 5.78 Å². The van der Waals surface area contributed by atoms with E-state index in [1.54, 1.807) is 0 Å². The molecule has 68 valence electrons. The van der Waals surface area contributed by atoms with Gasteiger partial charge in [0, 0.05) is 12.3 Å². The molecule has 0 radical (unpaired) electrons. The Morgan fingerprint density at radius 2 is 2.25 bits per heavy atom. The maximum absolute atomic E-state index is 11.2. The van der Waals surface area contributed by atoms with Crippen molar-refractivity contribution in [2.45, 2.75) is 31.7 Å². The molecule has 0 saturated heterocycles. The van der Waals surface area contributed by atoms with E-state index >= 15 is 0 Å². The monoisotopic (exact) mass is 171 g/mol. The highest BCUT2D eigenvalue weighted by molar-refractivity contribution is 5.88. The van der Waals surface area contributed by atoms with Gasteiger partial charge in [0.1, 0.15) is 11.8 Å². The van der Waals surface area contributed by atoms with Gasteiger partial charge in [0.05, 0.1) is 0 Å². The Balaban J connectivity index is 2.59. The van der Waals surface area contributed by atoms with Crippen LogP contribution in [0.5, 0.6) is 0 Å². The lowest BCUT2D eigenvalue weighted by atomic mass is 9.83. The highest BCUT2D eigenvalue weighted by Gasteiger charge is 2.31. The van der Waals surface area contributed by atoms with Gasteiger partial charge in [-0.2, -0.15) is 0 Å². The summed E-state index contributed by atoms with van der Waals surface area (Å²) in [5, 5.41) is 8.57. The highest BCUT2D eigenvalue weighted by atomic mass is 16.4. The van der Waals surface area contributed by atoms with Gasteiger partial charge in [-0.05, 0) is 12.8 Å². The molecule has 0 aromatic carbocycles. The number of nitrogens with two attached hydrogens (primary N) is 1. The first kappa shape index (κ1) is 9.19. The molecule has 4 heteroatoms. The number of ketones is 1.